The SMILES string of the molecule is CC(=O)CC/C=C/c1ccc(F)cc1. The molecule has 0 bridgehead atoms. The van der Waals surface area contributed by atoms with E-state index in [9.17, 15) is 9.18 Å². The molecule has 0 fully saturated rings. The fourth-order valence-corrected chi connectivity index (χ4v) is 1.08. The van der Waals surface area contributed by atoms with Crippen LogP contribution in [0.15, 0.2) is 30.3 Å². The Morgan fingerprint density at radius 2 is 2.00 bits per heavy atom. The van der Waals surface area contributed by atoms with Crippen molar-refractivity contribution in [3.05, 3.63) is 41.7 Å². The number of allylic oxidation sites excluding steroid dienone is 1. The van der Waals surface area contributed by atoms with Gasteiger partial charge in [0.15, 0.2) is 0 Å². The van der Waals surface area contributed by atoms with Crippen LogP contribution >= 0.6 is 0 Å². The summed E-state index contributed by atoms with van der Waals surface area (Å²) in [5, 5.41) is 0. The van der Waals surface area contributed by atoms with Gasteiger partial charge in [0, 0.05) is 6.42 Å². The van der Waals surface area contributed by atoms with E-state index in [0.29, 0.717) is 6.42 Å². The van der Waals surface area contributed by atoms with Crippen LogP contribution in [-0.2, 0) is 4.79 Å². The molecule has 0 heterocycles. The minimum Gasteiger partial charge on any atom is -0.300 e. The van der Waals surface area contributed by atoms with Crippen LogP contribution in [0.3, 0.4) is 0 Å². The van der Waals surface area contributed by atoms with Crippen molar-refractivity contribution >= 4 is 11.9 Å². The fourth-order valence-electron chi connectivity index (χ4n) is 1.08. The molecule has 1 nitrogen and oxygen atoms in total. The Bertz CT molecular complexity index is 325. The molecule has 0 amide bonds. The molecule has 0 unspecified atom stereocenters. The molecule has 74 valence electrons. The molecule has 1 aromatic rings. The molecule has 0 spiro atoms. The fraction of sp³-hybridized carbons (Fsp3) is 0.250. The smallest absolute Gasteiger partial charge is 0.130 e. The number of hydrogen-bond acceptors (Lipinski definition) is 1. The summed E-state index contributed by atoms with van der Waals surface area (Å²) in [6, 6.07) is 6.26. The second kappa shape index (κ2) is 5.32. The molecule has 1 rings (SSSR count). The van der Waals surface area contributed by atoms with Gasteiger partial charge in [-0.25, -0.2) is 4.39 Å². The third-order valence-electron chi connectivity index (χ3n) is 1.84. The number of Topliss-reactive ketones (excluding diaryl/α,β-unsaturated/α-hetero) is 1. The maximum Gasteiger partial charge on any atom is 0.130 e. The van der Waals surface area contributed by atoms with Gasteiger partial charge in [-0.2, -0.15) is 0 Å². The number of halogens is 1. The van der Waals surface area contributed by atoms with E-state index in [1.807, 2.05) is 12.2 Å². The molecule has 0 aliphatic carbocycles. The standard InChI is InChI=1S/C12H13FO/c1-10(14)4-2-3-5-11-6-8-12(13)9-7-11/h3,5-9H,2,4H2,1H3/b5-3+. The normalized spacial score (nSPS) is 10.7. The van der Waals surface area contributed by atoms with E-state index in [1.54, 1.807) is 19.1 Å². The average Bonchev–Trinajstić information content (AvgIpc) is 2.15. The van der Waals surface area contributed by atoms with Crippen LogP contribution in [-0.4, -0.2) is 5.78 Å². The summed E-state index contributed by atoms with van der Waals surface area (Å²) in [7, 11) is 0. The minimum atomic E-state index is -0.231. The average molecular weight is 192 g/mol. The van der Waals surface area contributed by atoms with Crippen LogP contribution in [0.25, 0.3) is 6.08 Å². The quantitative estimate of drug-likeness (QED) is 0.715. The van der Waals surface area contributed by atoms with E-state index in [2.05, 4.69) is 0 Å². The molecule has 0 radical (unpaired) electrons. The molecule has 0 N–H and O–H groups in total. The largest absolute Gasteiger partial charge is 0.300 e. The van der Waals surface area contributed by atoms with Gasteiger partial charge >= 0.3 is 0 Å². The van der Waals surface area contributed by atoms with E-state index < -0.39 is 0 Å². The molecular weight excluding hydrogens is 179 g/mol. The van der Waals surface area contributed by atoms with Gasteiger partial charge in [0.2, 0.25) is 0 Å². The van der Waals surface area contributed by atoms with Crippen molar-refractivity contribution in [3.8, 4) is 0 Å². The van der Waals surface area contributed by atoms with Crippen molar-refractivity contribution in [2.24, 2.45) is 0 Å². The molecule has 14 heavy (non-hydrogen) atoms. The lowest BCUT2D eigenvalue weighted by Crippen LogP contribution is -1.86. The van der Waals surface area contributed by atoms with Crippen LogP contribution < -0.4 is 0 Å². The van der Waals surface area contributed by atoms with E-state index in [1.165, 1.54) is 12.1 Å². The number of carbonyl (C=O) groups is 1. The lowest BCUT2D eigenvalue weighted by molar-refractivity contribution is -0.116. The van der Waals surface area contributed by atoms with Gasteiger partial charge in [-0.1, -0.05) is 24.3 Å². The number of carbonyl (C=O) groups excluding carboxylic acids is 1. The minimum absolute atomic E-state index is 0.189. The van der Waals surface area contributed by atoms with E-state index >= 15 is 0 Å². The third kappa shape index (κ3) is 3.99. The highest BCUT2D eigenvalue weighted by Crippen LogP contribution is 2.05. The maximum absolute atomic E-state index is 12.5. The van der Waals surface area contributed by atoms with E-state index in [4.69, 9.17) is 0 Å². The van der Waals surface area contributed by atoms with E-state index in [-0.39, 0.29) is 11.6 Å². The second-order valence-corrected chi connectivity index (χ2v) is 3.19. The molecule has 0 aliphatic rings. The van der Waals surface area contributed by atoms with Crippen LogP contribution in [0.4, 0.5) is 4.39 Å². The molecule has 0 aliphatic heterocycles. The summed E-state index contributed by atoms with van der Waals surface area (Å²) < 4.78 is 12.5. The Labute approximate surface area is 83.3 Å². The van der Waals surface area contributed by atoms with Gasteiger partial charge in [-0.3, -0.25) is 0 Å². The summed E-state index contributed by atoms with van der Waals surface area (Å²) in [5.74, 6) is -0.0420. The zero-order chi connectivity index (χ0) is 10.4. The molecule has 0 aromatic heterocycles. The highest BCUT2D eigenvalue weighted by Gasteiger charge is 1.90. The van der Waals surface area contributed by atoms with Gasteiger partial charge in [0.1, 0.15) is 11.6 Å². The first-order chi connectivity index (χ1) is 6.68. The number of rotatable bonds is 4. The van der Waals surface area contributed by atoms with Crippen molar-refractivity contribution in [1.29, 1.82) is 0 Å². The Kier molecular flexibility index (Phi) is 4.05. The molecule has 0 saturated heterocycles. The summed E-state index contributed by atoms with van der Waals surface area (Å²) >= 11 is 0. The first-order valence-corrected chi connectivity index (χ1v) is 4.60. The van der Waals surface area contributed by atoms with Crippen molar-refractivity contribution in [1.82, 2.24) is 0 Å². The third-order valence-corrected chi connectivity index (χ3v) is 1.84. The van der Waals surface area contributed by atoms with Crippen molar-refractivity contribution in [2.75, 3.05) is 0 Å². The summed E-state index contributed by atoms with van der Waals surface area (Å²) in [5.41, 5.74) is 0.954. The van der Waals surface area contributed by atoms with Crippen molar-refractivity contribution in [3.63, 3.8) is 0 Å². The highest BCUT2D eigenvalue weighted by atomic mass is 19.1. The lowest BCUT2D eigenvalue weighted by Gasteiger charge is -1.92. The number of ketones is 1. The van der Waals surface area contributed by atoms with Crippen molar-refractivity contribution in [2.45, 2.75) is 19.8 Å². The zero-order valence-corrected chi connectivity index (χ0v) is 8.16. The monoisotopic (exact) mass is 192 g/mol. The molecule has 2 heteroatoms. The van der Waals surface area contributed by atoms with Crippen LogP contribution in [0.5, 0.6) is 0 Å². The Hall–Kier alpha value is -1.44. The molecule has 1 aromatic carbocycles. The highest BCUT2D eigenvalue weighted by molar-refractivity contribution is 5.75. The van der Waals surface area contributed by atoms with Crippen LogP contribution in [0.2, 0.25) is 0 Å². The van der Waals surface area contributed by atoms with Gasteiger partial charge in [0.05, 0.1) is 0 Å². The molecule has 0 saturated carbocycles. The zero-order valence-electron chi connectivity index (χ0n) is 8.16. The lowest BCUT2D eigenvalue weighted by atomic mass is 10.1. The topological polar surface area (TPSA) is 17.1 Å². The first kappa shape index (κ1) is 10.6. The second-order valence-electron chi connectivity index (χ2n) is 3.19. The van der Waals surface area contributed by atoms with Crippen LogP contribution in [0.1, 0.15) is 25.3 Å². The van der Waals surface area contributed by atoms with Crippen LogP contribution in [0, 0.1) is 5.82 Å². The number of benzene rings is 1. The summed E-state index contributed by atoms with van der Waals surface area (Å²) in [4.78, 5) is 10.6. The Balaban J connectivity index is 2.44. The number of hydrogen-bond donors (Lipinski definition) is 0. The maximum atomic E-state index is 12.5. The molecule has 0 atom stereocenters. The predicted molar refractivity (Wildman–Crippen MR) is 55.3 cm³/mol. The van der Waals surface area contributed by atoms with Gasteiger partial charge in [-0.05, 0) is 31.0 Å². The van der Waals surface area contributed by atoms with Gasteiger partial charge in [0.25, 0.3) is 0 Å². The Morgan fingerprint density at radius 1 is 1.36 bits per heavy atom. The first-order valence-electron chi connectivity index (χ1n) is 4.60. The molecular formula is C12H13FO. The predicted octanol–water partition coefficient (Wildman–Crippen LogP) is 3.21. The van der Waals surface area contributed by atoms with Gasteiger partial charge in [-0.15, -0.1) is 0 Å². The van der Waals surface area contributed by atoms with E-state index in [0.717, 1.165) is 12.0 Å². The Morgan fingerprint density at radius 3 is 2.57 bits per heavy atom. The summed E-state index contributed by atoms with van der Waals surface area (Å²) in [6.07, 6.45) is 5.13. The van der Waals surface area contributed by atoms with Gasteiger partial charge < -0.3 is 4.79 Å². The summed E-state index contributed by atoms with van der Waals surface area (Å²) in [6.45, 7) is 1.58. The van der Waals surface area contributed by atoms with Crippen molar-refractivity contribution < 1.29 is 9.18 Å².